The van der Waals surface area contributed by atoms with E-state index in [9.17, 15) is 0 Å². The van der Waals surface area contributed by atoms with Crippen LogP contribution in [-0.2, 0) is 7.05 Å². The van der Waals surface area contributed by atoms with Gasteiger partial charge < -0.3 is 14.4 Å². The van der Waals surface area contributed by atoms with Gasteiger partial charge in [-0.3, -0.25) is 0 Å². The van der Waals surface area contributed by atoms with Crippen LogP contribution >= 0.6 is 0 Å². The van der Waals surface area contributed by atoms with E-state index in [0.717, 1.165) is 43.1 Å². The average Bonchev–Trinajstić information content (AvgIpc) is 2.99. The van der Waals surface area contributed by atoms with Crippen LogP contribution in [0, 0.1) is 0 Å². The van der Waals surface area contributed by atoms with Crippen LogP contribution in [0.15, 0.2) is 36.7 Å². The van der Waals surface area contributed by atoms with Gasteiger partial charge in [0, 0.05) is 52.5 Å². The molecule has 0 N–H and O–H groups in total. The van der Waals surface area contributed by atoms with Crippen molar-refractivity contribution < 1.29 is 0 Å². The van der Waals surface area contributed by atoms with E-state index < -0.39 is 0 Å². The molecular formula is C19H24N6. The van der Waals surface area contributed by atoms with Crippen molar-refractivity contribution >= 4 is 22.7 Å². The number of fused-ring (bicyclic) bond motifs is 1. The zero-order chi connectivity index (χ0) is 17.4. The summed E-state index contributed by atoms with van der Waals surface area (Å²) < 4.78 is 2.25. The maximum Gasteiger partial charge on any atom is 0.171 e. The SMILES string of the molecule is CN(C)c1nccnc1N1CCC(c2nc3ccccc3n2C)CC1. The van der Waals surface area contributed by atoms with Crippen LogP contribution in [0.5, 0.6) is 0 Å². The molecule has 4 rings (SSSR count). The van der Waals surface area contributed by atoms with Crippen molar-refractivity contribution in [1.82, 2.24) is 19.5 Å². The molecule has 0 spiro atoms. The summed E-state index contributed by atoms with van der Waals surface area (Å²) in [5.41, 5.74) is 2.30. The summed E-state index contributed by atoms with van der Waals surface area (Å²) in [5, 5.41) is 0. The maximum absolute atomic E-state index is 4.89. The minimum Gasteiger partial charge on any atom is -0.360 e. The summed E-state index contributed by atoms with van der Waals surface area (Å²) in [4.78, 5) is 18.3. The normalized spacial score (nSPS) is 15.7. The van der Waals surface area contributed by atoms with E-state index >= 15 is 0 Å². The van der Waals surface area contributed by atoms with Gasteiger partial charge in [-0.1, -0.05) is 12.1 Å². The Morgan fingerprint density at radius 1 is 1.04 bits per heavy atom. The van der Waals surface area contributed by atoms with Crippen LogP contribution in [0.25, 0.3) is 11.0 Å². The van der Waals surface area contributed by atoms with E-state index in [1.54, 1.807) is 12.4 Å². The van der Waals surface area contributed by atoms with Gasteiger partial charge in [0.05, 0.1) is 11.0 Å². The quantitative estimate of drug-likeness (QED) is 0.736. The first-order chi connectivity index (χ1) is 12.1. The minimum absolute atomic E-state index is 0.494. The van der Waals surface area contributed by atoms with E-state index in [2.05, 4.69) is 50.7 Å². The van der Waals surface area contributed by atoms with Gasteiger partial charge in [0.2, 0.25) is 0 Å². The molecule has 1 aliphatic rings. The van der Waals surface area contributed by atoms with Crippen LogP contribution in [0.1, 0.15) is 24.6 Å². The maximum atomic E-state index is 4.89. The number of aromatic nitrogens is 4. The number of para-hydroxylation sites is 2. The summed E-state index contributed by atoms with van der Waals surface area (Å²) >= 11 is 0. The second-order valence-corrected chi connectivity index (χ2v) is 6.88. The van der Waals surface area contributed by atoms with Gasteiger partial charge in [0.25, 0.3) is 0 Å². The van der Waals surface area contributed by atoms with Crippen molar-refractivity contribution in [1.29, 1.82) is 0 Å². The summed E-state index contributed by atoms with van der Waals surface area (Å²) in [5.74, 6) is 3.61. The Kier molecular flexibility index (Phi) is 4.03. The number of piperidine rings is 1. The van der Waals surface area contributed by atoms with Gasteiger partial charge in [-0.2, -0.15) is 0 Å². The van der Waals surface area contributed by atoms with Gasteiger partial charge in [-0.05, 0) is 25.0 Å². The monoisotopic (exact) mass is 336 g/mol. The number of hydrogen-bond donors (Lipinski definition) is 0. The largest absolute Gasteiger partial charge is 0.360 e. The van der Waals surface area contributed by atoms with Crippen molar-refractivity contribution in [3.63, 3.8) is 0 Å². The molecule has 2 aromatic heterocycles. The second-order valence-electron chi connectivity index (χ2n) is 6.88. The van der Waals surface area contributed by atoms with Crippen molar-refractivity contribution in [2.45, 2.75) is 18.8 Å². The molecule has 130 valence electrons. The number of benzene rings is 1. The van der Waals surface area contributed by atoms with E-state index in [4.69, 9.17) is 4.98 Å². The van der Waals surface area contributed by atoms with Crippen LogP contribution in [-0.4, -0.2) is 46.7 Å². The lowest BCUT2D eigenvalue weighted by Gasteiger charge is -2.33. The zero-order valence-electron chi connectivity index (χ0n) is 15.1. The van der Waals surface area contributed by atoms with Crippen LogP contribution in [0.2, 0.25) is 0 Å². The van der Waals surface area contributed by atoms with Gasteiger partial charge in [0.1, 0.15) is 5.82 Å². The summed E-state index contributed by atoms with van der Waals surface area (Å²) in [6.45, 7) is 1.96. The number of rotatable bonds is 3. The van der Waals surface area contributed by atoms with Crippen molar-refractivity contribution in [3.05, 3.63) is 42.5 Å². The van der Waals surface area contributed by atoms with Crippen molar-refractivity contribution in [2.75, 3.05) is 37.0 Å². The van der Waals surface area contributed by atoms with Crippen LogP contribution in [0.4, 0.5) is 11.6 Å². The number of imidazole rings is 1. The summed E-state index contributed by atoms with van der Waals surface area (Å²) in [7, 11) is 6.16. The Balaban J connectivity index is 1.54. The molecule has 0 bridgehead atoms. The summed E-state index contributed by atoms with van der Waals surface area (Å²) in [6, 6.07) is 8.37. The molecule has 0 atom stereocenters. The fourth-order valence-electron chi connectivity index (χ4n) is 3.74. The van der Waals surface area contributed by atoms with Crippen molar-refractivity contribution in [3.8, 4) is 0 Å². The molecule has 1 aromatic carbocycles. The highest BCUT2D eigenvalue weighted by Gasteiger charge is 2.26. The number of aryl methyl sites for hydroxylation is 1. The predicted molar refractivity (Wildman–Crippen MR) is 101 cm³/mol. The third kappa shape index (κ3) is 2.81. The number of anilines is 2. The van der Waals surface area contributed by atoms with Gasteiger partial charge in [0.15, 0.2) is 11.6 Å². The van der Waals surface area contributed by atoms with Crippen LogP contribution in [0.3, 0.4) is 0 Å². The fraction of sp³-hybridized carbons (Fsp3) is 0.421. The van der Waals surface area contributed by atoms with Gasteiger partial charge in [-0.15, -0.1) is 0 Å². The Labute approximate surface area is 148 Å². The molecule has 0 amide bonds. The van der Waals surface area contributed by atoms with E-state index in [-0.39, 0.29) is 0 Å². The fourth-order valence-corrected chi connectivity index (χ4v) is 3.74. The molecule has 3 aromatic rings. The second kappa shape index (κ2) is 6.35. The molecule has 0 unspecified atom stereocenters. The average molecular weight is 336 g/mol. The Hall–Kier alpha value is -2.63. The summed E-state index contributed by atoms with van der Waals surface area (Å²) in [6.07, 6.45) is 5.70. The standard InChI is InChI=1S/C19H24N6/c1-23(2)18-19(21-11-10-20-18)25-12-8-14(9-13-25)17-22-15-6-4-5-7-16(15)24(17)3/h4-7,10-11,14H,8-9,12-13H2,1-3H3. The van der Waals surface area contributed by atoms with Crippen molar-refractivity contribution in [2.24, 2.45) is 7.05 Å². The number of hydrogen-bond acceptors (Lipinski definition) is 5. The van der Waals surface area contributed by atoms with Gasteiger partial charge >= 0.3 is 0 Å². The molecule has 0 radical (unpaired) electrons. The highest BCUT2D eigenvalue weighted by Crippen LogP contribution is 2.33. The predicted octanol–water partition coefficient (Wildman–Crippen LogP) is 2.81. The third-order valence-corrected chi connectivity index (χ3v) is 5.07. The molecule has 0 saturated carbocycles. The molecule has 0 aliphatic carbocycles. The molecule has 25 heavy (non-hydrogen) atoms. The number of nitrogens with zero attached hydrogens (tertiary/aromatic N) is 6. The van der Waals surface area contributed by atoms with E-state index in [1.807, 2.05) is 19.0 Å². The minimum atomic E-state index is 0.494. The zero-order valence-corrected chi connectivity index (χ0v) is 15.1. The lowest BCUT2D eigenvalue weighted by molar-refractivity contribution is 0.475. The topological polar surface area (TPSA) is 50.1 Å². The Morgan fingerprint density at radius 3 is 2.48 bits per heavy atom. The molecule has 6 heteroatoms. The first-order valence-corrected chi connectivity index (χ1v) is 8.80. The first kappa shape index (κ1) is 15.9. The van der Waals surface area contributed by atoms with Crippen LogP contribution < -0.4 is 9.80 Å². The Morgan fingerprint density at radius 2 is 1.76 bits per heavy atom. The Bertz CT molecular complexity index is 877. The molecule has 1 saturated heterocycles. The lowest BCUT2D eigenvalue weighted by Crippen LogP contribution is -2.35. The third-order valence-electron chi connectivity index (χ3n) is 5.07. The molecule has 1 aliphatic heterocycles. The van der Waals surface area contributed by atoms with Gasteiger partial charge in [-0.25, -0.2) is 15.0 Å². The van der Waals surface area contributed by atoms with E-state index in [1.165, 1.54) is 11.3 Å². The molecule has 1 fully saturated rings. The molecule has 3 heterocycles. The lowest BCUT2D eigenvalue weighted by atomic mass is 9.96. The van der Waals surface area contributed by atoms with E-state index in [0.29, 0.717) is 5.92 Å². The highest BCUT2D eigenvalue weighted by atomic mass is 15.3. The first-order valence-electron chi connectivity index (χ1n) is 8.80. The molecule has 6 nitrogen and oxygen atoms in total. The molecular weight excluding hydrogens is 312 g/mol. The highest BCUT2D eigenvalue weighted by molar-refractivity contribution is 5.75. The smallest absolute Gasteiger partial charge is 0.171 e.